The lowest BCUT2D eigenvalue weighted by molar-refractivity contribution is -0.231. The fraction of sp³-hybridized carbons (Fsp3) is 1.00. The highest BCUT2D eigenvalue weighted by atomic mass is 16.8. The van der Waals surface area contributed by atoms with Crippen molar-refractivity contribution in [1.82, 2.24) is 0 Å². The summed E-state index contributed by atoms with van der Waals surface area (Å²) in [6, 6.07) is 0. The Balaban J connectivity index is 2.06. The lowest BCUT2D eigenvalue weighted by Crippen LogP contribution is -2.35. The molecule has 0 aliphatic carbocycles. The van der Waals surface area contributed by atoms with E-state index in [1.165, 1.54) is 0 Å². The van der Waals surface area contributed by atoms with Crippen LogP contribution in [0.2, 0.25) is 0 Å². The Morgan fingerprint density at radius 3 is 2.50 bits per heavy atom. The first kappa shape index (κ1) is 10.4. The molecule has 0 aromatic carbocycles. The molecule has 0 aromatic heterocycles. The minimum absolute atomic E-state index is 0.0305. The van der Waals surface area contributed by atoms with Crippen molar-refractivity contribution in [3.63, 3.8) is 0 Å². The molecule has 2 fully saturated rings. The summed E-state index contributed by atoms with van der Waals surface area (Å²) >= 11 is 0. The van der Waals surface area contributed by atoms with Crippen molar-refractivity contribution in [1.29, 1.82) is 0 Å². The minimum Gasteiger partial charge on any atom is -0.393 e. The molecular formula is C10H18O4. The van der Waals surface area contributed by atoms with Crippen LogP contribution >= 0.6 is 0 Å². The molecule has 3 atom stereocenters. The number of aliphatic hydroxyl groups excluding tert-OH is 1. The third-order valence-electron chi connectivity index (χ3n) is 3.01. The molecule has 4 heteroatoms. The summed E-state index contributed by atoms with van der Waals surface area (Å²) in [5.41, 5.74) is -0.453. The van der Waals surface area contributed by atoms with Gasteiger partial charge in [-0.3, -0.25) is 0 Å². The molecule has 14 heavy (non-hydrogen) atoms. The largest absolute Gasteiger partial charge is 0.393 e. The second-order valence-electron chi connectivity index (χ2n) is 4.56. The number of rotatable bonds is 2. The second kappa shape index (κ2) is 3.17. The lowest BCUT2D eigenvalue weighted by atomic mass is 9.97. The molecule has 0 spiro atoms. The van der Waals surface area contributed by atoms with E-state index in [9.17, 15) is 5.11 Å². The van der Waals surface area contributed by atoms with Crippen LogP contribution in [0.25, 0.3) is 0 Å². The molecule has 0 aromatic rings. The van der Waals surface area contributed by atoms with Gasteiger partial charge in [-0.05, 0) is 20.3 Å². The molecule has 0 bridgehead atoms. The van der Waals surface area contributed by atoms with Crippen molar-refractivity contribution >= 4 is 0 Å². The fourth-order valence-corrected chi connectivity index (χ4v) is 2.14. The molecule has 82 valence electrons. The number of fused-ring (bicyclic) bond motifs is 1. The highest BCUT2D eigenvalue weighted by Gasteiger charge is 2.53. The smallest absolute Gasteiger partial charge is 0.187 e. The van der Waals surface area contributed by atoms with Gasteiger partial charge in [0.1, 0.15) is 6.10 Å². The van der Waals surface area contributed by atoms with E-state index in [0.29, 0.717) is 6.42 Å². The Morgan fingerprint density at radius 2 is 2.00 bits per heavy atom. The maximum atomic E-state index is 9.27. The number of aliphatic hydroxyl groups is 1. The summed E-state index contributed by atoms with van der Waals surface area (Å²) in [4.78, 5) is 0. The van der Waals surface area contributed by atoms with Gasteiger partial charge in [0.25, 0.3) is 0 Å². The van der Waals surface area contributed by atoms with Crippen LogP contribution in [0.3, 0.4) is 0 Å². The summed E-state index contributed by atoms with van der Waals surface area (Å²) < 4.78 is 17.0. The zero-order valence-electron chi connectivity index (χ0n) is 8.95. The predicted molar refractivity (Wildman–Crippen MR) is 49.6 cm³/mol. The number of hydrogen-bond donors (Lipinski definition) is 1. The molecule has 0 radical (unpaired) electrons. The summed E-state index contributed by atoms with van der Waals surface area (Å²) in [7, 11) is 0. The fourth-order valence-electron chi connectivity index (χ4n) is 2.14. The lowest BCUT2D eigenvalue weighted by Gasteiger charge is -2.28. The third kappa shape index (κ3) is 1.56. The molecule has 2 aliphatic rings. The Labute approximate surface area is 84.1 Å². The van der Waals surface area contributed by atoms with E-state index >= 15 is 0 Å². The zero-order valence-corrected chi connectivity index (χ0v) is 8.95. The quantitative estimate of drug-likeness (QED) is 0.726. The average Bonchev–Trinajstić information content (AvgIpc) is 2.55. The maximum Gasteiger partial charge on any atom is 0.187 e. The van der Waals surface area contributed by atoms with Crippen LogP contribution in [-0.4, -0.2) is 35.5 Å². The van der Waals surface area contributed by atoms with Crippen LogP contribution < -0.4 is 0 Å². The highest BCUT2D eigenvalue weighted by molar-refractivity contribution is 4.94. The van der Waals surface area contributed by atoms with E-state index in [1.54, 1.807) is 0 Å². The molecular weight excluding hydrogens is 184 g/mol. The van der Waals surface area contributed by atoms with Gasteiger partial charge in [-0.2, -0.15) is 0 Å². The molecule has 4 nitrogen and oxygen atoms in total. The Morgan fingerprint density at radius 1 is 1.29 bits per heavy atom. The van der Waals surface area contributed by atoms with Crippen molar-refractivity contribution in [2.75, 3.05) is 6.61 Å². The van der Waals surface area contributed by atoms with Crippen molar-refractivity contribution in [2.45, 2.75) is 57.4 Å². The highest BCUT2D eigenvalue weighted by Crippen LogP contribution is 2.42. The van der Waals surface area contributed by atoms with E-state index in [1.807, 2.05) is 20.8 Å². The predicted octanol–water partition coefficient (Wildman–Crippen LogP) is 1.03. The van der Waals surface area contributed by atoms with Crippen molar-refractivity contribution < 1.29 is 19.3 Å². The van der Waals surface area contributed by atoms with Gasteiger partial charge >= 0.3 is 0 Å². The molecule has 0 saturated carbocycles. The van der Waals surface area contributed by atoms with Gasteiger partial charge in [-0.15, -0.1) is 0 Å². The van der Waals surface area contributed by atoms with E-state index in [2.05, 4.69) is 0 Å². The van der Waals surface area contributed by atoms with Crippen LogP contribution in [0.15, 0.2) is 0 Å². The molecule has 2 rings (SSSR count). The van der Waals surface area contributed by atoms with Gasteiger partial charge in [0.2, 0.25) is 0 Å². The van der Waals surface area contributed by atoms with Gasteiger partial charge in [-0.1, -0.05) is 6.92 Å². The van der Waals surface area contributed by atoms with Crippen molar-refractivity contribution in [2.24, 2.45) is 0 Å². The minimum atomic E-state index is -0.551. The maximum absolute atomic E-state index is 9.27. The molecule has 2 saturated heterocycles. The van der Waals surface area contributed by atoms with E-state index in [4.69, 9.17) is 14.2 Å². The van der Waals surface area contributed by atoms with Gasteiger partial charge in [0.05, 0.1) is 12.2 Å². The Hall–Kier alpha value is -0.160. The first-order valence-corrected chi connectivity index (χ1v) is 5.15. The Kier molecular flexibility index (Phi) is 2.34. The van der Waals surface area contributed by atoms with E-state index in [0.717, 1.165) is 6.42 Å². The standard InChI is InChI=1S/C10H18O4/c1-4-10(6-11)5-7-8(14-10)13-9(2,3)12-7/h7-8,11H,4-6H2,1-3H3. The summed E-state index contributed by atoms with van der Waals surface area (Å²) in [6.07, 6.45) is 1.16. The normalized spacial score (nSPS) is 45.4. The van der Waals surface area contributed by atoms with Crippen LogP contribution in [-0.2, 0) is 14.2 Å². The van der Waals surface area contributed by atoms with Crippen molar-refractivity contribution in [3.05, 3.63) is 0 Å². The van der Waals surface area contributed by atoms with E-state index in [-0.39, 0.29) is 19.0 Å². The summed E-state index contributed by atoms with van der Waals surface area (Å²) in [6.45, 7) is 5.79. The van der Waals surface area contributed by atoms with Crippen LogP contribution in [0.4, 0.5) is 0 Å². The Bertz CT molecular complexity index is 204. The average molecular weight is 202 g/mol. The van der Waals surface area contributed by atoms with Gasteiger partial charge in [0, 0.05) is 6.42 Å². The van der Waals surface area contributed by atoms with Gasteiger partial charge < -0.3 is 19.3 Å². The van der Waals surface area contributed by atoms with Crippen LogP contribution in [0.1, 0.15) is 33.6 Å². The van der Waals surface area contributed by atoms with Gasteiger partial charge in [-0.25, -0.2) is 0 Å². The van der Waals surface area contributed by atoms with Gasteiger partial charge in [0.15, 0.2) is 12.1 Å². The third-order valence-corrected chi connectivity index (χ3v) is 3.01. The molecule has 3 unspecified atom stereocenters. The molecule has 2 aliphatic heterocycles. The topological polar surface area (TPSA) is 47.9 Å². The summed E-state index contributed by atoms with van der Waals surface area (Å²) in [5.74, 6) is -0.551. The monoisotopic (exact) mass is 202 g/mol. The first-order chi connectivity index (χ1) is 6.50. The second-order valence-corrected chi connectivity index (χ2v) is 4.56. The molecule has 1 N–H and O–H groups in total. The number of ether oxygens (including phenoxy) is 3. The zero-order chi connectivity index (χ0) is 10.4. The number of hydrogen-bond acceptors (Lipinski definition) is 4. The summed E-state index contributed by atoms with van der Waals surface area (Å²) in [5, 5.41) is 9.27. The van der Waals surface area contributed by atoms with Crippen molar-refractivity contribution in [3.8, 4) is 0 Å². The van der Waals surface area contributed by atoms with Crippen LogP contribution in [0.5, 0.6) is 0 Å². The van der Waals surface area contributed by atoms with E-state index < -0.39 is 11.4 Å². The van der Waals surface area contributed by atoms with Crippen LogP contribution in [0, 0.1) is 0 Å². The first-order valence-electron chi connectivity index (χ1n) is 5.15. The molecule has 0 amide bonds. The SMILES string of the molecule is CCC1(CO)CC2OC(C)(C)OC2O1. The molecule has 2 heterocycles.